The first-order valence-electron chi connectivity index (χ1n) is 6.09. The van der Waals surface area contributed by atoms with Gasteiger partial charge in [0.2, 0.25) is 5.95 Å². The van der Waals surface area contributed by atoms with Crippen molar-refractivity contribution in [3.63, 3.8) is 0 Å². The fourth-order valence-electron chi connectivity index (χ4n) is 2.24. The third kappa shape index (κ3) is 2.05. The van der Waals surface area contributed by atoms with E-state index in [2.05, 4.69) is 28.8 Å². The number of nitrogens with one attached hydrogen (secondary N) is 1. The van der Waals surface area contributed by atoms with Crippen LogP contribution in [0, 0.1) is 0 Å². The van der Waals surface area contributed by atoms with Gasteiger partial charge in [-0.15, -0.1) is 0 Å². The van der Waals surface area contributed by atoms with Gasteiger partial charge in [-0.25, -0.2) is 0 Å². The lowest BCUT2D eigenvalue weighted by Gasteiger charge is -2.03. The molecule has 5 nitrogen and oxygen atoms in total. The third-order valence-electron chi connectivity index (χ3n) is 2.89. The molecular weight excluding hydrogens is 214 g/mol. The van der Waals surface area contributed by atoms with Crippen molar-refractivity contribution in [1.82, 2.24) is 15.0 Å². The van der Waals surface area contributed by atoms with Gasteiger partial charge >= 0.3 is 0 Å². The Kier molecular flexibility index (Phi) is 3.17. The molecule has 17 heavy (non-hydrogen) atoms. The Bertz CT molecular complexity index is 529. The van der Waals surface area contributed by atoms with Crippen molar-refractivity contribution in [3.05, 3.63) is 11.3 Å². The number of nitrogens with two attached hydrogens (primary N) is 2. The van der Waals surface area contributed by atoms with Crippen molar-refractivity contribution < 1.29 is 0 Å². The molecule has 0 radical (unpaired) electrons. The molecule has 92 valence electrons. The summed E-state index contributed by atoms with van der Waals surface area (Å²) in [4.78, 5) is 11.6. The number of hydrogen-bond acceptors (Lipinski definition) is 4. The standard InChI is InChI=1S/C12H19N5/c1-3-5-7-8(6-4-2)15-11-9(7)10(13)16-12(14)17-11/h3-6H2,1-2H3,(H5,13,14,15,16,17). The van der Waals surface area contributed by atoms with Crippen LogP contribution in [0.5, 0.6) is 0 Å². The summed E-state index contributed by atoms with van der Waals surface area (Å²) >= 11 is 0. The van der Waals surface area contributed by atoms with Crippen molar-refractivity contribution in [2.75, 3.05) is 11.5 Å². The van der Waals surface area contributed by atoms with Crippen LogP contribution in [-0.2, 0) is 12.8 Å². The van der Waals surface area contributed by atoms with Crippen LogP contribution < -0.4 is 11.5 Å². The summed E-state index contributed by atoms with van der Waals surface area (Å²) in [7, 11) is 0. The predicted molar refractivity (Wildman–Crippen MR) is 70.7 cm³/mol. The van der Waals surface area contributed by atoms with E-state index in [9.17, 15) is 0 Å². The van der Waals surface area contributed by atoms with E-state index < -0.39 is 0 Å². The lowest BCUT2D eigenvalue weighted by Crippen LogP contribution is -2.00. The highest BCUT2D eigenvalue weighted by Gasteiger charge is 2.15. The summed E-state index contributed by atoms with van der Waals surface area (Å²) in [5.41, 5.74) is 14.8. The minimum atomic E-state index is 0.224. The number of nitrogens with zero attached hydrogens (tertiary/aromatic N) is 2. The van der Waals surface area contributed by atoms with Gasteiger partial charge in [-0.2, -0.15) is 9.97 Å². The van der Waals surface area contributed by atoms with Gasteiger partial charge in [-0.3, -0.25) is 0 Å². The van der Waals surface area contributed by atoms with E-state index in [0.29, 0.717) is 5.82 Å². The van der Waals surface area contributed by atoms with Crippen molar-refractivity contribution >= 4 is 22.8 Å². The molecule has 5 heteroatoms. The van der Waals surface area contributed by atoms with Gasteiger partial charge in [0.25, 0.3) is 0 Å². The third-order valence-corrected chi connectivity index (χ3v) is 2.89. The fraction of sp³-hybridized carbons (Fsp3) is 0.500. The van der Waals surface area contributed by atoms with E-state index in [1.54, 1.807) is 0 Å². The van der Waals surface area contributed by atoms with Crippen molar-refractivity contribution in [3.8, 4) is 0 Å². The number of hydrogen-bond donors (Lipinski definition) is 3. The van der Waals surface area contributed by atoms with Crippen LogP contribution in [0.4, 0.5) is 11.8 Å². The summed E-state index contributed by atoms with van der Waals surface area (Å²) < 4.78 is 0. The Morgan fingerprint density at radius 2 is 1.76 bits per heavy atom. The van der Waals surface area contributed by atoms with Gasteiger partial charge in [0.15, 0.2) is 0 Å². The minimum absolute atomic E-state index is 0.224. The number of aromatic nitrogens is 3. The van der Waals surface area contributed by atoms with Crippen molar-refractivity contribution in [1.29, 1.82) is 0 Å². The highest BCUT2D eigenvalue weighted by atomic mass is 15.1. The summed E-state index contributed by atoms with van der Waals surface area (Å²) in [6, 6.07) is 0. The molecule has 0 aromatic carbocycles. The van der Waals surface area contributed by atoms with Crippen LogP contribution in [-0.4, -0.2) is 15.0 Å². The monoisotopic (exact) mass is 233 g/mol. The summed E-state index contributed by atoms with van der Waals surface area (Å²) in [5, 5.41) is 0.949. The second kappa shape index (κ2) is 4.61. The quantitative estimate of drug-likeness (QED) is 0.753. The van der Waals surface area contributed by atoms with Crippen molar-refractivity contribution in [2.45, 2.75) is 39.5 Å². The van der Waals surface area contributed by atoms with Gasteiger partial charge in [0, 0.05) is 5.69 Å². The number of aromatic amines is 1. The SMILES string of the molecule is CCCc1[nH]c2nc(N)nc(N)c2c1CCC. The highest BCUT2D eigenvalue weighted by molar-refractivity contribution is 5.91. The number of nitrogen functional groups attached to an aromatic ring is 2. The van der Waals surface area contributed by atoms with Crippen LogP contribution in [0.15, 0.2) is 0 Å². The fourth-order valence-corrected chi connectivity index (χ4v) is 2.24. The Morgan fingerprint density at radius 1 is 1.06 bits per heavy atom. The van der Waals surface area contributed by atoms with Crippen LogP contribution in [0.1, 0.15) is 37.9 Å². The smallest absolute Gasteiger partial charge is 0.223 e. The Labute approximate surface area is 101 Å². The molecule has 2 aromatic rings. The first kappa shape index (κ1) is 11.7. The second-order valence-electron chi connectivity index (χ2n) is 4.27. The van der Waals surface area contributed by atoms with Gasteiger partial charge in [-0.05, 0) is 18.4 Å². The normalized spacial score (nSPS) is 11.2. The summed E-state index contributed by atoms with van der Waals surface area (Å²) in [6.07, 6.45) is 4.16. The van der Waals surface area contributed by atoms with E-state index in [4.69, 9.17) is 11.5 Å². The van der Waals surface area contributed by atoms with Gasteiger partial charge < -0.3 is 16.5 Å². The van der Waals surface area contributed by atoms with E-state index in [1.165, 1.54) is 11.3 Å². The van der Waals surface area contributed by atoms with Crippen LogP contribution >= 0.6 is 0 Å². The Balaban J connectivity index is 2.66. The molecule has 0 spiro atoms. The van der Waals surface area contributed by atoms with Gasteiger partial charge in [-0.1, -0.05) is 26.7 Å². The van der Waals surface area contributed by atoms with Gasteiger partial charge in [0.05, 0.1) is 5.39 Å². The molecule has 0 atom stereocenters. The first-order chi connectivity index (χ1) is 8.17. The Morgan fingerprint density at radius 3 is 2.41 bits per heavy atom. The zero-order valence-corrected chi connectivity index (χ0v) is 10.4. The maximum Gasteiger partial charge on any atom is 0.223 e. The summed E-state index contributed by atoms with van der Waals surface area (Å²) in [5.74, 6) is 0.705. The van der Waals surface area contributed by atoms with Crippen molar-refractivity contribution in [2.24, 2.45) is 0 Å². The highest BCUT2D eigenvalue weighted by Crippen LogP contribution is 2.28. The molecule has 0 unspecified atom stereocenters. The lowest BCUT2D eigenvalue weighted by atomic mass is 10.0. The molecule has 0 aliphatic carbocycles. The molecule has 0 bridgehead atoms. The average Bonchev–Trinajstić information content (AvgIpc) is 2.58. The number of H-pyrrole nitrogens is 1. The van der Waals surface area contributed by atoms with Crippen LogP contribution in [0.2, 0.25) is 0 Å². The van der Waals surface area contributed by atoms with E-state index in [-0.39, 0.29) is 5.95 Å². The molecular formula is C12H19N5. The summed E-state index contributed by atoms with van der Waals surface area (Å²) in [6.45, 7) is 4.31. The predicted octanol–water partition coefficient (Wildman–Crippen LogP) is 2.03. The average molecular weight is 233 g/mol. The molecule has 2 aromatic heterocycles. The molecule has 0 saturated carbocycles. The second-order valence-corrected chi connectivity index (χ2v) is 4.27. The number of anilines is 2. The molecule has 2 rings (SSSR count). The molecule has 5 N–H and O–H groups in total. The largest absolute Gasteiger partial charge is 0.383 e. The topological polar surface area (TPSA) is 93.6 Å². The molecule has 0 amide bonds. The van der Waals surface area contributed by atoms with Gasteiger partial charge in [0.1, 0.15) is 11.5 Å². The molecule has 0 aliphatic rings. The number of fused-ring (bicyclic) bond motifs is 1. The van der Waals surface area contributed by atoms with Crippen LogP contribution in [0.25, 0.3) is 11.0 Å². The number of aryl methyl sites for hydroxylation is 2. The number of rotatable bonds is 4. The first-order valence-corrected chi connectivity index (χ1v) is 6.09. The maximum atomic E-state index is 5.95. The molecule has 2 heterocycles. The molecule has 0 aliphatic heterocycles. The van der Waals surface area contributed by atoms with Crippen LogP contribution in [0.3, 0.4) is 0 Å². The van der Waals surface area contributed by atoms with E-state index in [0.717, 1.165) is 36.7 Å². The zero-order valence-electron chi connectivity index (χ0n) is 10.4. The lowest BCUT2D eigenvalue weighted by molar-refractivity contribution is 0.849. The maximum absolute atomic E-state index is 5.95. The Hall–Kier alpha value is -1.78. The zero-order chi connectivity index (χ0) is 12.4. The minimum Gasteiger partial charge on any atom is -0.383 e. The van der Waals surface area contributed by atoms with E-state index >= 15 is 0 Å². The molecule has 0 fully saturated rings. The van der Waals surface area contributed by atoms with E-state index in [1.807, 2.05) is 0 Å². The molecule has 0 saturated heterocycles.